The van der Waals surface area contributed by atoms with Crippen LogP contribution in [0.15, 0.2) is 36.4 Å². The summed E-state index contributed by atoms with van der Waals surface area (Å²) in [6, 6.07) is 9.77. The number of nitrogens with two attached hydrogens (primary N) is 1. The number of hydrogen-bond acceptors (Lipinski definition) is 4. The normalized spacial score (nSPS) is 21.4. The average Bonchev–Trinajstić information content (AvgIpc) is 3.08. The summed E-state index contributed by atoms with van der Waals surface area (Å²) in [7, 11) is 0. The van der Waals surface area contributed by atoms with Crippen LogP contribution in [0.4, 0.5) is 10.1 Å². The van der Waals surface area contributed by atoms with Crippen molar-refractivity contribution in [2.75, 3.05) is 18.9 Å². The zero-order chi connectivity index (χ0) is 18.9. The number of carbonyl (C=O) groups is 1. The highest BCUT2D eigenvalue weighted by atomic mass is 19.1. The molecule has 1 aliphatic carbocycles. The highest BCUT2D eigenvalue weighted by molar-refractivity contribution is 5.84. The molecule has 2 aliphatic rings. The van der Waals surface area contributed by atoms with Crippen LogP contribution in [0.25, 0.3) is 11.3 Å². The minimum Gasteiger partial charge on any atom is -0.397 e. The van der Waals surface area contributed by atoms with Crippen molar-refractivity contribution in [3.63, 3.8) is 0 Å². The second-order valence-electron chi connectivity index (χ2n) is 7.93. The lowest BCUT2D eigenvalue weighted by atomic mass is 9.77. The van der Waals surface area contributed by atoms with Crippen LogP contribution in [0.5, 0.6) is 0 Å². The molecule has 1 saturated carbocycles. The zero-order valence-electron chi connectivity index (χ0n) is 15.4. The van der Waals surface area contributed by atoms with E-state index in [4.69, 9.17) is 10.5 Å². The first-order valence-corrected chi connectivity index (χ1v) is 9.66. The van der Waals surface area contributed by atoms with Gasteiger partial charge in [0.25, 0.3) is 0 Å². The fourth-order valence-electron chi connectivity index (χ4n) is 4.49. The number of nitrogens with zero attached hydrogens (tertiary/aromatic N) is 1. The molecular formula is C22H25FN2O2. The molecule has 0 radical (unpaired) electrons. The van der Waals surface area contributed by atoms with Crippen molar-refractivity contribution >= 4 is 11.5 Å². The van der Waals surface area contributed by atoms with Crippen molar-refractivity contribution < 1.29 is 13.9 Å². The van der Waals surface area contributed by atoms with E-state index in [1.54, 1.807) is 18.2 Å². The van der Waals surface area contributed by atoms with Gasteiger partial charge in [-0.1, -0.05) is 0 Å². The standard InChI is InChI=1S/C22H25FN2O2/c23-17-3-1-15(2-4-17)19-6-5-18(24)20(25-19)13-21(26)16-7-8-22(14-16)9-11-27-12-10-22/h1-6,16H,7-14,24H2. The Labute approximate surface area is 158 Å². The predicted molar refractivity (Wildman–Crippen MR) is 103 cm³/mol. The number of aromatic nitrogens is 1. The van der Waals surface area contributed by atoms with Gasteiger partial charge in [0.1, 0.15) is 11.6 Å². The summed E-state index contributed by atoms with van der Waals surface area (Å²) in [5.41, 5.74) is 9.06. The van der Waals surface area contributed by atoms with Gasteiger partial charge < -0.3 is 10.5 Å². The number of ether oxygens (including phenoxy) is 1. The van der Waals surface area contributed by atoms with Crippen molar-refractivity contribution in [2.24, 2.45) is 11.3 Å². The van der Waals surface area contributed by atoms with Crippen molar-refractivity contribution in [1.82, 2.24) is 4.98 Å². The Kier molecular flexibility index (Phi) is 4.96. The maximum absolute atomic E-state index is 13.1. The summed E-state index contributed by atoms with van der Waals surface area (Å²) in [5.74, 6) is 0.0421. The molecule has 0 bridgehead atoms. The number of halogens is 1. The third kappa shape index (κ3) is 3.88. The fraction of sp³-hybridized carbons (Fsp3) is 0.455. The summed E-state index contributed by atoms with van der Waals surface area (Å²) in [4.78, 5) is 17.5. The quantitative estimate of drug-likeness (QED) is 0.879. The minimum atomic E-state index is -0.284. The summed E-state index contributed by atoms with van der Waals surface area (Å²) >= 11 is 0. The molecule has 5 heteroatoms. The van der Waals surface area contributed by atoms with Crippen molar-refractivity contribution in [3.8, 4) is 11.3 Å². The molecule has 1 saturated heterocycles. The molecule has 4 nitrogen and oxygen atoms in total. The lowest BCUT2D eigenvalue weighted by molar-refractivity contribution is -0.122. The van der Waals surface area contributed by atoms with Gasteiger partial charge in [-0.05, 0) is 73.9 Å². The average molecular weight is 368 g/mol. The number of nitrogen functional groups attached to an aromatic ring is 1. The number of anilines is 1. The Morgan fingerprint density at radius 2 is 1.89 bits per heavy atom. The Hall–Kier alpha value is -2.27. The van der Waals surface area contributed by atoms with Gasteiger partial charge in [-0.3, -0.25) is 9.78 Å². The summed E-state index contributed by atoms with van der Waals surface area (Å²) in [6.45, 7) is 1.63. The fourth-order valence-corrected chi connectivity index (χ4v) is 4.49. The van der Waals surface area contributed by atoms with Gasteiger partial charge in [-0.25, -0.2) is 4.39 Å². The van der Waals surface area contributed by atoms with E-state index in [1.807, 2.05) is 6.07 Å². The molecule has 2 N–H and O–H groups in total. The SMILES string of the molecule is Nc1ccc(-c2ccc(F)cc2)nc1CC(=O)C1CCC2(CCOCC2)C1. The highest BCUT2D eigenvalue weighted by Gasteiger charge is 2.42. The second kappa shape index (κ2) is 7.39. The Bertz CT molecular complexity index is 829. The molecule has 142 valence electrons. The van der Waals surface area contributed by atoms with Crippen LogP contribution in [0.2, 0.25) is 0 Å². The molecule has 1 unspecified atom stereocenters. The molecule has 2 fully saturated rings. The number of carbonyl (C=O) groups excluding carboxylic acids is 1. The van der Waals surface area contributed by atoms with Crippen molar-refractivity contribution in [2.45, 2.75) is 38.5 Å². The predicted octanol–water partition coefficient (Wildman–Crippen LogP) is 4.18. The zero-order valence-corrected chi connectivity index (χ0v) is 15.4. The first-order valence-electron chi connectivity index (χ1n) is 9.66. The van der Waals surface area contributed by atoms with Crippen LogP contribution in [0.1, 0.15) is 37.8 Å². The molecule has 1 atom stereocenters. The van der Waals surface area contributed by atoms with Crippen LogP contribution < -0.4 is 5.73 Å². The lowest BCUT2D eigenvalue weighted by Gasteiger charge is -2.33. The molecule has 2 heterocycles. The van der Waals surface area contributed by atoms with Gasteiger partial charge in [0.05, 0.1) is 23.5 Å². The van der Waals surface area contributed by atoms with Crippen LogP contribution in [-0.2, 0) is 16.0 Å². The molecule has 0 amide bonds. The first kappa shape index (κ1) is 18.1. The van der Waals surface area contributed by atoms with E-state index in [2.05, 4.69) is 4.98 Å². The van der Waals surface area contributed by atoms with E-state index in [-0.39, 0.29) is 23.9 Å². The van der Waals surface area contributed by atoms with Gasteiger partial charge >= 0.3 is 0 Å². The Balaban J connectivity index is 1.48. The van der Waals surface area contributed by atoms with E-state index in [1.165, 1.54) is 12.1 Å². The van der Waals surface area contributed by atoms with Gasteiger partial charge in [-0.2, -0.15) is 0 Å². The number of rotatable bonds is 4. The van der Waals surface area contributed by atoms with Gasteiger partial charge in [0.15, 0.2) is 0 Å². The minimum absolute atomic E-state index is 0.0961. The summed E-state index contributed by atoms with van der Waals surface area (Å²) in [5, 5.41) is 0. The van der Waals surface area contributed by atoms with Gasteiger partial charge in [-0.15, -0.1) is 0 Å². The molecular weight excluding hydrogens is 343 g/mol. The molecule has 27 heavy (non-hydrogen) atoms. The van der Waals surface area contributed by atoms with E-state index in [9.17, 15) is 9.18 Å². The van der Waals surface area contributed by atoms with Gasteiger partial charge in [0, 0.05) is 24.7 Å². The monoisotopic (exact) mass is 368 g/mol. The molecule has 1 aromatic heterocycles. The number of ketones is 1. The molecule has 2 aromatic rings. The molecule has 1 aromatic carbocycles. The second-order valence-corrected chi connectivity index (χ2v) is 7.93. The van der Waals surface area contributed by atoms with Gasteiger partial charge in [0.2, 0.25) is 0 Å². The number of Topliss-reactive ketones (excluding diaryl/α,β-unsaturated/α-hetero) is 1. The third-order valence-corrected chi connectivity index (χ3v) is 6.20. The number of hydrogen-bond donors (Lipinski definition) is 1. The summed E-state index contributed by atoms with van der Waals surface area (Å²) in [6.07, 6.45) is 5.43. The topological polar surface area (TPSA) is 65.2 Å². The molecule has 1 spiro atoms. The Morgan fingerprint density at radius 1 is 1.15 bits per heavy atom. The van der Waals surface area contributed by atoms with E-state index in [0.29, 0.717) is 22.5 Å². The van der Waals surface area contributed by atoms with Crippen LogP contribution in [0, 0.1) is 17.2 Å². The number of benzene rings is 1. The van der Waals surface area contributed by atoms with E-state index < -0.39 is 0 Å². The third-order valence-electron chi connectivity index (χ3n) is 6.20. The smallest absolute Gasteiger partial charge is 0.142 e. The maximum atomic E-state index is 13.1. The van der Waals surface area contributed by atoms with E-state index >= 15 is 0 Å². The Morgan fingerprint density at radius 3 is 2.63 bits per heavy atom. The van der Waals surface area contributed by atoms with Crippen LogP contribution >= 0.6 is 0 Å². The summed E-state index contributed by atoms with van der Waals surface area (Å²) < 4.78 is 18.6. The lowest BCUT2D eigenvalue weighted by Crippen LogP contribution is -2.28. The maximum Gasteiger partial charge on any atom is 0.142 e. The number of pyridine rings is 1. The van der Waals surface area contributed by atoms with Crippen molar-refractivity contribution in [1.29, 1.82) is 0 Å². The van der Waals surface area contributed by atoms with Crippen molar-refractivity contribution in [3.05, 3.63) is 47.9 Å². The highest BCUT2D eigenvalue weighted by Crippen LogP contribution is 2.49. The largest absolute Gasteiger partial charge is 0.397 e. The van der Waals surface area contributed by atoms with E-state index in [0.717, 1.165) is 50.9 Å². The first-order chi connectivity index (χ1) is 13.0. The molecule has 4 rings (SSSR count). The van der Waals surface area contributed by atoms with Crippen LogP contribution in [-0.4, -0.2) is 24.0 Å². The molecule has 1 aliphatic heterocycles. The van der Waals surface area contributed by atoms with Crippen LogP contribution in [0.3, 0.4) is 0 Å².